The van der Waals surface area contributed by atoms with E-state index in [0.717, 1.165) is 37.2 Å². The van der Waals surface area contributed by atoms with Crippen molar-refractivity contribution in [2.45, 2.75) is 91.1 Å². The molecule has 6 atom stereocenters. The molecule has 6 rings (SSSR count). The van der Waals surface area contributed by atoms with Crippen molar-refractivity contribution in [1.82, 2.24) is 4.98 Å². The summed E-state index contributed by atoms with van der Waals surface area (Å²) in [5.74, 6) is 2.10. The molecule has 2 saturated carbocycles. The highest BCUT2D eigenvalue weighted by molar-refractivity contribution is 7.16. The molecule has 1 aromatic heterocycles. The normalized spacial score (nSPS) is 34.0. The second-order valence-electron chi connectivity index (χ2n) is 12.5. The summed E-state index contributed by atoms with van der Waals surface area (Å²) in [7, 11) is 2.14. The molecule has 0 aliphatic heterocycles. The van der Waals surface area contributed by atoms with Gasteiger partial charge in [0.25, 0.3) is 0 Å². The van der Waals surface area contributed by atoms with Gasteiger partial charge in [0.1, 0.15) is 6.10 Å². The van der Waals surface area contributed by atoms with Gasteiger partial charge in [0.05, 0.1) is 10.6 Å². The fourth-order valence-corrected chi connectivity index (χ4v) is 9.73. The molecule has 198 valence electrons. The van der Waals surface area contributed by atoms with E-state index in [1.807, 2.05) is 11.3 Å². The number of ether oxygens (including phenoxy) is 1. The van der Waals surface area contributed by atoms with Crippen molar-refractivity contribution < 1.29 is 9.53 Å². The molecule has 0 unspecified atom stereocenters. The Hall–Kier alpha value is -2.14. The smallest absolute Gasteiger partial charge is 0.306 e. The lowest BCUT2D eigenvalue weighted by Crippen LogP contribution is -2.50. The Bertz CT molecular complexity index is 1190. The molecule has 0 N–H and O–H groups in total. The van der Waals surface area contributed by atoms with Gasteiger partial charge in [0.15, 0.2) is 5.13 Å². The highest BCUT2D eigenvalue weighted by Gasteiger charge is 2.60. The number of rotatable bonds is 6. The van der Waals surface area contributed by atoms with E-state index in [0.29, 0.717) is 24.2 Å². The molecule has 0 radical (unpaired) electrons. The van der Waals surface area contributed by atoms with Crippen LogP contribution in [0.3, 0.4) is 0 Å². The van der Waals surface area contributed by atoms with Crippen LogP contribution in [0.15, 0.2) is 36.4 Å². The van der Waals surface area contributed by atoms with E-state index in [9.17, 15) is 4.79 Å². The summed E-state index contributed by atoms with van der Waals surface area (Å²) in [6, 6.07) is 10.6. The van der Waals surface area contributed by atoms with Crippen LogP contribution in [0.4, 0.5) is 10.8 Å². The summed E-state index contributed by atoms with van der Waals surface area (Å²) >= 11 is 1.88. The van der Waals surface area contributed by atoms with Gasteiger partial charge in [-0.2, -0.15) is 0 Å². The number of carbonyl (C=O) groups excluding carboxylic acids is 1. The van der Waals surface area contributed by atoms with Gasteiger partial charge in [-0.15, -0.1) is 0 Å². The molecular weight excluding hydrogens is 476 g/mol. The van der Waals surface area contributed by atoms with Gasteiger partial charge in [-0.25, -0.2) is 4.98 Å². The summed E-state index contributed by atoms with van der Waals surface area (Å²) in [6.07, 6.45) is 13.4. The van der Waals surface area contributed by atoms with Crippen LogP contribution in [0.25, 0.3) is 5.57 Å². The van der Waals surface area contributed by atoms with Crippen LogP contribution in [0.1, 0.15) is 89.1 Å². The van der Waals surface area contributed by atoms with Crippen molar-refractivity contribution in [2.24, 2.45) is 28.6 Å². The van der Waals surface area contributed by atoms with Crippen LogP contribution in [-0.4, -0.2) is 24.1 Å². The molecule has 0 saturated heterocycles. The number of anilines is 2. The van der Waals surface area contributed by atoms with Crippen LogP contribution in [-0.2, 0) is 16.0 Å². The number of hydrogen-bond donors (Lipinski definition) is 0. The lowest BCUT2D eigenvalue weighted by Gasteiger charge is -2.56. The maximum absolute atomic E-state index is 12.5. The minimum Gasteiger partial charge on any atom is -0.462 e. The lowest BCUT2D eigenvalue weighted by atomic mass is 9.48. The average Bonchev–Trinajstić information content (AvgIpc) is 3.48. The lowest BCUT2D eigenvalue weighted by molar-refractivity contribution is -0.159. The maximum Gasteiger partial charge on any atom is 0.306 e. The number of esters is 1. The number of para-hydroxylation sites is 1. The summed E-state index contributed by atoms with van der Waals surface area (Å²) in [4.78, 5) is 21.3. The van der Waals surface area contributed by atoms with Gasteiger partial charge in [0, 0.05) is 24.6 Å². The van der Waals surface area contributed by atoms with Crippen molar-refractivity contribution in [1.29, 1.82) is 0 Å². The summed E-state index contributed by atoms with van der Waals surface area (Å²) in [5.41, 5.74) is 4.42. The molecule has 2 aromatic rings. The van der Waals surface area contributed by atoms with Crippen LogP contribution in [0.2, 0.25) is 0 Å². The minimum atomic E-state index is 0.0231. The van der Waals surface area contributed by atoms with E-state index in [4.69, 9.17) is 9.72 Å². The molecule has 2 fully saturated rings. The third kappa shape index (κ3) is 4.07. The van der Waals surface area contributed by atoms with Crippen molar-refractivity contribution in [3.05, 3.63) is 47.0 Å². The predicted octanol–water partition coefficient (Wildman–Crippen LogP) is 8.20. The number of aromatic nitrogens is 1. The third-order valence-electron chi connectivity index (χ3n) is 10.6. The van der Waals surface area contributed by atoms with Crippen molar-refractivity contribution in [3.8, 4) is 0 Å². The zero-order chi connectivity index (χ0) is 25.8. The topological polar surface area (TPSA) is 42.4 Å². The maximum atomic E-state index is 12.5. The Morgan fingerprint density at radius 2 is 1.95 bits per heavy atom. The number of carbonyl (C=O) groups is 1. The van der Waals surface area contributed by atoms with Crippen LogP contribution in [0.5, 0.6) is 0 Å². The van der Waals surface area contributed by atoms with Gasteiger partial charge in [0.2, 0.25) is 0 Å². The Morgan fingerprint density at radius 3 is 2.73 bits per heavy atom. The predicted molar refractivity (Wildman–Crippen MR) is 152 cm³/mol. The quantitative estimate of drug-likeness (QED) is 0.362. The van der Waals surface area contributed by atoms with E-state index in [-0.39, 0.29) is 22.9 Å². The zero-order valence-electron chi connectivity index (χ0n) is 23.0. The summed E-state index contributed by atoms with van der Waals surface area (Å²) in [6.45, 7) is 7.13. The molecule has 4 nitrogen and oxygen atoms in total. The number of aryl methyl sites for hydroxylation is 1. The SMILES string of the molecule is CCCCC(=O)O[C@H]1CC[C@H]2[C@@H]3CC=C4c5sc(N(C)c6ccccc6)nc5CC[C@]4(C)[C@H]3CC[C@]12C. The summed E-state index contributed by atoms with van der Waals surface area (Å²) in [5, 5.41) is 1.10. The molecular formula is C32H42N2O2S. The fourth-order valence-electron chi connectivity index (χ4n) is 8.45. The molecule has 0 bridgehead atoms. The molecule has 0 spiro atoms. The standard InChI is InChI=1S/C32H42N2O2S/c1-5-6-12-28(35)36-27-16-15-23-22-13-14-25-29-26(18-20-31(25,2)24(22)17-19-32(23,27)3)33-30(37-29)34(4)21-10-8-7-9-11-21/h7-11,14,22-24,27H,5-6,12-13,15-20H2,1-4H3/t22-,23-,24-,27-,31+,32-/m0/s1. The minimum absolute atomic E-state index is 0.0231. The second kappa shape index (κ2) is 9.55. The summed E-state index contributed by atoms with van der Waals surface area (Å²) < 4.78 is 6.14. The first-order valence-electron chi connectivity index (χ1n) is 14.5. The number of hydrogen-bond acceptors (Lipinski definition) is 5. The van der Waals surface area contributed by atoms with Gasteiger partial charge in [-0.3, -0.25) is 4.79 Å². The highest BCUT2D eigenvalue weighted by Crippen LogP contribution is 2.66. The molecule has 1 aromatic carbocycles. The van der Waals surface area contributed by atoms with Gasteiger partial charge >= 0.3 is 5.97 Å². The van der Waals surface area contributed by atoms with Crippen molar-refractivity contribution in [3.63, 3.8) is 0 Å². The Kier molecular flexibility index (Phi) is 6.50. The van der Waals surface area contributed by atoms with Crippen molar-refractivity contribution in [2.75, 3.05) is 11.9 Å². The highest BCUT2D eigenvalue weighted by atomic mass is 32.1. The van der Waals surface area contributed by atoms with E-state index in [1.165, 1.54) is 41.9 Å². The first-order valence-corrected chi connectivity index (χ1v) is 15.4. The molecule has 1 heterocycles. The Balaban J connectivity index is 1.25. The molecule has 4 aliphatic carbocycles. The van der Waals surface area contributed by atoms with Gasteiger partial charge in [-0.05, 0) is 92.2 Å². The molecule has 37 heavy (non-hydrogen) atoms. The van der Waals surface area contributed by atoms with E-state index >= 15 is 0 Å². The Labute approximate surface area is 226 Å². The average molecular weight is 519 g/mol. The second-order valence-corrected chi connectivity index (χ2v) is 13.5. The van der Waals surface area contributed by atoms with E-state index < -0.39 is 0 Å². The fraction of sp³-hybridized carbons (Fsp3) is 0.625. The van der Waals surface area contributed by atoms with Crippen LogP contribution in [0, 0.1) is 28.6 Å². The largest absolute Gasteiger partial charge is 0.462 e. The Morgan fingerprint density at radius 1 is 1.14 bits per heavy atom. The number of unbranched alkanes of at least 4 members (excludes halogenated alkanes) is 1. The van der Waals surface area contributed by atoms with Crippen LogP contribution >= 0.6 is 11.3 Å². The van der Waals surface area contributed by atoms with Gasteiger partial charge < -0.3 is 9.64 Å². The zero-order valence-corrected chi connectivity index (χ0v) is 23.8. The van der Waals surface area contributed by atoms with E-state index in [1.54, 1.807) is 5.57 Å². The third-order valence-corrected chi connectivity index (χ3v) is 11.8. The van der Waals surface area contributed by atoms with Gasteiger partial charge in [-0.1, -0.05) is 62.8 Å². The number of fused-ring (bicyclic) bond motifs is 7. The number of nitrogens with zero attached hydrogens (tertiary/aromatic N) is 2. The monoisotopic (exact) mass is 518 g/mol. The molecule has 0 amide bonds. The first kappa shape index (κ1) is 25.2. The van der Waals surface area contributed by atoms with Crippen molar-refractivity contribution >= 4 is 33.7 Å². The van der Waals surface area contributed by atoms with Crippen LogP contribution < -0.4 is 4.90 Å². The molecule has 5 heteroatoms. The number of benzene rings is 1. The number of thiazole rings is 1. The van der Waals surface area contributed by atoms with E-state index in [2.05, 4.69) is 69.1 Å². The first-order chi connectivity index (χ1) is 17.8. The molecule has 4 aliphatic rings. The number of allylic oxidation sites excluding steroid dienone is 2.